The standard InChI is InChI=1S/C15H11F6NO3S2/c1-2-10-12(8-3-5-9(6-4-8)26-15(19,20)21)22-7-11(14(16,17)18)13(10)27(23,24)25/h3-7H,2H2,1H3,(H,23,24,25). The molecule has 148 valence electrons. The summed E-state index contributed by atoms with van der Waals surface area (Å²) in [4.78, 5) is 2.17. The molecule has 2 aromatic rings. The topological polar surface area (TPSA) is 67.3 Å². The van der Waals surface area contributed by atoms with Crippen molar-refractivity contribution < 1.29 is 39.3 Å². The largest absolute Gasteiger partial charge is 0.446 e. The average molecular weight is 431 g/mol. The Morgan fingerprint density at radius 3 is 2.04 bits per heavy atom. The van der Waals surface area contributed by atoms with Crippen LogP contribution in [0.15, 0.2) is 40.3 Å². The van der Waals surface area contributed by atoms with E-state index in [1.54, 1.807) is 0 Å². The summed E-state index contributed by atoms with van der Waals surface area (Å²) in [5.41, 5.74) is -6.59. The maximum absolute atomic E-state index is 13.1. The molecular weight excluding hydrogens is 420 g/mol. The van der Waals surface area contributed by atoms with E-state index in [2.05, 4.69) is 4.98 Å². The van der Waals surface area contributed by atoms with Gasteiger partial charge < -0.3 is 0 Å². The number of hydrogen-bond acceptors (Lipinski definition) is 4. The fourth-order valence-corrected chi connectivity index (χ4v) is 3.96. The molecule has 0 saturated carbocycles. The third-order valence-electron chi connectivity index (χ3n) is 3.41. The van der Waals surface area contributed by atoms with Gasteiger partial charge >= 0.3 is 11.7 Å². The number of rotatable bonds is 4. The van der Waals surface area contributed by atoms with E-state index in [1.165, 1.54) is 19.1 Å². The molecule has 0 bridgehead atoms. The lowest BCUT2D eigenvalue weighted by Gasteiger charge is -2.17. The monoisotopic (exact) mass is 431 g/mol. The van der Waals surface area contributed by atoms with Gasteiger partial charge in [0, 0.05) is 16.7 Å². The van der Waals surface area contributed by atoms with Gasteiger partial charge in [-0.2, -0.15) is 34.8 Å². The van der Waals surface area contributed by atoms with E-state index < -0.39 is 32.3 Å². The molecule has 1 heterocycles. The summed E-state index contributed by atoms with van der Waals surface area (Å²) in [5.74, 6) is 0. The van der Waals surface area contributed by atoms with Crippen molar-refractivity contribution in [1.29, 1.82) is 0 Å². The van der Waals surface area contributed by atoms with E-state index in [4.69, 9.17) is 0 Å². The average Bonchev–Trinajstić information content (AvgIpc) is 2.51. The Bertz CT molecular complexity index is 938. The maximum atomic E-state index is 13.1. The van der Waals surface area contributed by atoms with Crippen molar-refractivity contribution in [1.82, 2.24) is 4.98 Å². The van der Waals surface area contributed by atoms with Crippen LogP contribution in [0, 0.1) is 0 Å². The molecule has 0 saturated heterocycles. The molecule has 27 heavy (non-hydrogen) atoms. The van der Waals surface area contributed by atoms with Gasteiger partial charge in [0.25, 0.3) is 10.1 Å². The summed E-state index contributed by atoms with van der Waals surface area (Å²) in [5, 5.41) is 0. The molecule has 1 N–H and O–H groups in total. The Morgan fingerprint density at radius 2 is 1.63 bits per heavy atom. The first-order valence-corrected chi connectivity index (χ1v) is 9.42. The third kappa shape index (κ3) is 5.14. The van der Waals surface area contributed by atoms with Crippen molar-refractivity contribution >= 4 is 21.9 Å². The van der Waals surface area contributed by atoms with Crippen molar-refractivity contribution in [2.45, 2.75) is 34.8 Å². The SMILES string of the molecule is CCc1c(-c2ccc(SC(F)(F)F)cc2)ncc(C(F)(F)F)c1S(=O)(=O)O. The van der Waals surface area contributed by atoms with Crippen LogP contribution in [0.3, 0.4) is 0 Å². The Kier molecular flexibility index (Phi) is 5.83. The summed E-state index contributed by atoms with van der Waals surface area (Å²) in [6, 6.07) is 4.52. The number of thioether (sulfide) groups is 1. The zero-order valence-electron chi connectivity index (χ0n) is 13.4. The lowest BCUT2D eigenvalue weighted by Crippen LogP contribution is -2.17. The van der Waals surface area contributed by atoms with Crippen LogP contribution < -0.4 is 0 Å². The van der Waals surface area contributed by atoms with Crippen LogP contribution in [0.4, 0.5) is 26.3 Å². The van der Waals surface area contributed by atoms with Gasteiger partial charge in [-0.1, -0.05) is 19.1 Å². The van der Waals surface area contributed by atoms with Crippen LogP contribution >= 0.6 is 11.8 Å². The van der Waals surface area contributed by atoms with Crippen molar-refractivity contribution in [3.8, 4) is 11.3 Å². The van der Waals surface area contributed by atoms with E-state index in [-0.39, 0.29) is 46.1 Å². The second-order valence-corrected chi connectivity index (χ2v) is 7.72. The van der Waals surface area contributed by atoms with Gasteiger partial charge in [0.15, 0.2) is 0 Å². The van der Waals surface area contributed by atoms with Crippen LogP contribution in [-0.4, -0.2) is 23.5 Å². The molecule has 0 fully saturated rings. The first-order valence-electron chi connectivity index (χ1n) is 7.16. The van der Waals surface area contributed by atoms with Gasteiger partial charge in [0.1, 0.15) is 4.90 Å². The molecule has 0 radical (unpaired) electrons. The van der Waals surface area contributed by atoms with Gasteiger partial charge in [-0.3, -0.25) is 9.54 Å². The lowest BCUT2D eigenvalue weighted by molar-refractivity contribution is -0.140. The normalized spacial score (nSPS) is 13.0. The summed E-state index contributed by atoms with van der Waals surface area (Å²) < 4.78 is 109. The molecule has 0 spiro atoms. The summed E-state index contributed by atoms with van der Waals surface area (Å²) in [6.07, 6.45) is -5.02. The van der Waals surface area contributed by atoms with E-state index >= 15 is 0 Å². The highest BCUT2D eigenvalue weighted by Gasteiger charge is 2.39. The molecule has 2 rings (SSSR count). The van der Waals surface area contributed by atoms with Gasteiger partial charge in [-0.15, -0.1) is 0 Å². The predicted octanol–water partition coefficient (Wildman–Crippen LogP) is 5.19. The molecular formula is C15H11F6NO3S2. The molecule has 0 aliphatic rings. The Balaban J connectivity index is 2.65. The number of alkyl halides is 6. The Morgan fingerprint density at radius 1 is 1.07 bits per heavy atom. The van der Waals surface area contributed by atoms with Gasteiger partial charge in [-0.05, 0) is 35.9 Å². The number of halogens is 6. The molecule has 0 atom stereocenters. The number of pyridine rings is 1. The second-order valence-electron chi connectivity index (χ2n) is 5.23. The van der Waals surface area contributed by atoms with Crippen molar-refractivity contribution in [2.24, 2.45) is 0 Å². The van der Waals surface area contributed by atoms with Gasteiger partial charge in [0.05, 0.1) is 11.3 Å². The predicted molar refractivity (Wildman–Crippen MR) is 85.8 cm³/mol. The maximum Gasteiger partial charge on any atom is 0.446 e. The number of benzene rings is 1. The van der Waals surface area contributed by atoms with Crippen LogP contribution in [0.25, 0.3) is 11.3 Å². The van der Waals surface area contributed by atoms with Crippen LogP contribution in [0.2, 0.25) is 0 Å². The van der Waals surface area contributed by atoms with Crippen molar-refractivity contribution in [3.05, 3.63) is 41.6 Å². The summed E-state index contributed by atoms with van der Waals surface area (Å²) in [6.45, 7) is 1.36. The molecule has 4 nitrogen and oxygen atoms in total. The van der Waals surface area contributed by atoms with Crippen molar-refractivity contribution in [3.63, 3.8) is 0 Å². The molecule has 12 heteroatoms. The second kappa shape index (κ2) is 7.32. The zero-order valence-corrected chi connectivity index (χ0v) is 15.0. The van der Waals surface area contributed by atoms with E-state index in [0.717, 1.165) is 12.1 Å². The summed E-state index contributed by atoms with van der Waals surface area (Å²) >= 11 is -0.377. The van der Waals surface area contributed by atoms with Crippen LogP contribution in [-0.2, 0) is 22.7 Å². The molecule has 0 unspecified atom stereocenters. The minimum atomic E-state index is -5.23. The number of nitrogens with zero attached hydrogens (tertiary/aromatic N) is 1. The fourth-order valence-electron chi connectivity index (χ4n) is 2.42. The molecule has 0 aliphatic heterocycles. The van der Waals surface area contributed by atoms with Gasteiger partial charge in [-0.25, -0.2) is 0 Å². The van der Waals surface area contributed by atoms with E-state index in [0.29, 0.717) is 0 Å². The first kappa shape index (κ1) is 21.5. The minimum absolute atomic E-state index is 0.108. The number of aromatic nitrogens is 1. The lowest BCUT2D eigenvalue weighted by atomic mass is 10.0. The highest BCUT2D eigenvalue weighted by atomic mass is 32.2. The van der Waals surface area contributed by atoms with E-state index in [1.807, 2.05) is 0 Å². The van der Waals surface area contributed by atoms with Crippen LogP contribution in [0.1, 0.15) is 18.1 Å². The summed E-state index contributed by atoms with van der Waals surface area (Å²) in [7, 11) is -5.23. The first-order chi connectivity index (χ1) is 12.2. The van der Waals surface area contributed by atoms with Crippen molar-refractivity contribution in [2.75, 3.05) is 0 Å². The fraction of sp³-hybridized carbons (Fsp3) is 0.267. The van der Waals surface area contributed by atoms with E-state index in [9.17, 15) is 39.3 Å². The quantitative estimate of drug-likeness (QED) is 0.410. The highest BCUT2D eigenvalue weighted by Crippen LogP contribution is 2.40. The van der Waals surface area contributed by atoms with Gasteiger partial charge in [0.2, 0.25) is 0 Å². The smallest absolute Gasteiger partial charge is 0.282 e. The Labute approximate surface area is 154 Å². The number of hydrogen-bond donors (Lipinski definition) is 1. The molecule has 0 aliphatic carbocycles. The third-order valence-corrected chi connectivity index (χ3v) is 5.13. The van der Waals surface area contributed by atoms with Crippen LogP contribution in [0.5, 0.6) is 0 Å². The Hall–Kier alpha value is -1.79. The molecule has 0 amide bonds. The zero-order chi connectivity index (χ0) is 20.6. The molecule has 1 aromatic heterocycles. The highest BCUT2D eigenvalue weighted by molar-refractivity contribution is 8.00. The molecule has 1 aromatic carbocycles. The minimum Gasteiger partial charge on any atom is -0.282 e.